The lowest BCUT2D eigenvalue weighted by molar-refractivity contribution is 0.00578. The van der Waals surface area contributed by atoms with Gasteiger partial charge >= 0.3 is 7.12 Å². The molecule has 0 radical (unpaired) electrons. The van der Waals surface area contributed by atoms with Gasteiger partial charge in [0, 0.05) is 29.8 Å². The summed E-state index contributed by atoms with van der Waals surface area (Å²) in [6.07, 6.45) is 3.79. The fraction of sp³-hybridized carbons (Fsp3) is 0.571. The molecule has 5 nitrogen and oxygen atoms in total. The number of hydrogen-bond acceptors (Lipinski definition) is 4. The van der Waals surface area contributed by atoms with Gasteiger partial charge in [-0.05, 0) is 40.7 Å². The normalized spacial score (nSPS) is 20.8. The van der Waals surface area contributed by atoms with Gasteiger partial charge in [-0.2, -0.15) is 5.10 Å². The van der Waals surface area contributed by atoms with Gasteiger partial charge in [-0.15, -0.1) is 0 Å². The molecule has 1 aliphatic rings. The van der Waals surface area contributed by atoms with E-state index in [9.17, 15) is 0 Å². The zero-order chi connectivity index (χ0) is 14.5. The highest BCUT2D eigenvalue weighted by Crippen LogP contribution is 2.36. The van der Waals surface area contributed by atoms with Crippen molar-refractivity contribution in [1.29, 1.82) is 0 Å². The molecule has 2 aromatic heterocycles. The Labute approximate surface area is 119 Å². The van der Waals surface area contributed by atoms with Gasteiger partial charge < -0.3 is 9.31 Å². The lowest BCUT2D eigenvalue weighted by Crippen LogP contribution is -2.41. The van der Waals surface area contributed by atoms with Crippen molar-refractivity contribution in [3.8, 4) is 0 Å². The number of aryl methyl sites for hydroxylation is 1. The molecule has 0 unspecified atom stereocenters. The highest BCUT2D eigenvalue weighted by Gasteiger charge is 2.51. The summed E-state index contributed by atoms with van der Waals surface area (Å²) in [5.74, 6) is 0. The number of hydrogen-bond donors (Lipinski definition) is 0. The maximum absolute atomic E-state index is 6.04. The molecule has 0 spiro atoms. The van der Waals surface area contributed by atoms with Crippen molar-refractivity contribution in [2.75, 3.05) is 0 Å². The third kappa shape index (κ3) is 2.03. The lowest BCUT2D eigenvalue weighted by atomic mass is 9.80. The zero-order valence-corrected chi connectivity index (χ0v) is 12.7. The predicted molar refractivity (Wildman–Crippen MR) is 78.9 cm³/mol. The minimum Gasteiger partial charge on any atom is -0.399 e. The maximum atomic E-state index is 6.04. The van der Waals surface area contributed by atoms with Crippen LogP contribution in [-0.2, 0) is 15.9 Å². The van der Waals surface area contributed by atoms with Crippen LogP contribution in [0, 0.1) is 0 Å². The van der Waals surface area contributed by atoms with Crippen molar-refractivity contribution in [3.63, 3.8) is 0 Å². The molecule has 1 fully saturated rings. The van der Waals surface area contributed by atoms with Crippen molar-refractivity contribution >= 4 is 23.6 Å². The molecule has 0 aliphatic carbocycles. The molecule has 0 amide bonds. The first-order valence-corrected chi connectivity index (χ1v) is 7.01. The standard InChI is InChI=1S/C14H20BN3O2/c1-6-18-9-10-7-11(8-16-12(10)17-18)15-19-13(2,3)14(4,5)20-15/h7-9H,6H2,1-5H3. The van der Waals surface area contributed by atoms with E-state index in [-0.39, 0.29) is 18.3 Å². The summed E-state index contributed by atoms with van der Waals surface area (Å²) >= 11 is 0. The first-order chi connectivity index (χ1) is 9.32. The van der Waals surface area contributed by atoms with Crippen molar-refractivity contribution in [2.24, 2.45) is 0 Å². The van der Waals surface area contributed by atoms with E-state index in [1.807, 2.05) is 44.6 Å². The summed E-state index contributed by atoms with van der Waals surface area (Å²) in [6.45, 7) is 11.1. The largest absolute Gasteiger partial charge is 0.496 e. The van der Waals surface area contributed by atoms with Gasteiger partial charge in [0.15, 0.2) is 5.65 Å². The fourth-order valence-corrected chi connectivity index (χ4v) is 2.25. The highest BCUT2D eigenvalue weighted by molar-refractivity contribution is 6.62. The summed E-state index contributed by atoms with van der Waals surface area (Å²) in [4.78, 5) is 4.40. The molecule has 0 bridgehead atoms. The minimum absolute atomic E-state index is 0.333. The van der Waals surface area contributed by atoms with Gasteiger partial charge in [-0.25, -0.2) is 4.98 Å². The highest BCUT2D eigenvalue weighted by atomic mass is 16.7. The van der Waals surface area contributed by atoms with Gasteiger partial charge in [0.05, 0.1) is 11.2 Å². The second-order valence-corrected chi connectivity index (χ2v) is 6.25. The zero-order valence-electron chi connectivity index (χ0n) is 12.7. The Bertz CT molecular complexity index is 635. The van der Waals surface area contributed by atoms with E-state index in [0.717, 1.165) is 23.0 Å². The third-order valence-corrected chi connectivity index (χ3v) is 4.28. The first kappa shape index (κ1) is 13.6. The summed E-state index contributed by atoms with van der Waals surface area (Å²) in [5.41, 5.74) is 1.03. The van der Waals surface area contributed by atoms with Crippen molar-refractivity contribution in [2.45, 2.75) is 52.4 Å². The Balaban J connectivity index is 1.95. The fourth-order valence-electron chi connectivity index (χ4n) is 2.25. The van der Waals surface area contributed by atoms with Crippen LogP contribution in [-0.4, -0.2) is 33.1 Å². The smallest absolute Gasteiger partial charge is 0.399 e. The molecule has 1 aliphatic heterocycles. The van der Waals surface area contributed by atoms with Gasteiger partial charge in [0.25, 0.3) is 0 Å². The second kappa shape index (κ2) is 4.30. The average molecular weight is 273 g/mol. The number of fused-ring (bicyclic) bond motifs is 1. The summed E-state index contributed by atoms with van der Waals surface area (Å²) < 4.78 is 14.0. The maximum Gasteiger partial charge on any atom is 0.496 e. The van der Waals surface area contributed by atoms with Crippen LogP contribution in [0.15, 0.2) is 18.5 Å². The lowest BCUT2D eigenvalue weighted by Gasteiger charge is -2.32. The molecule has 0 N–H and O–H groups in total. The Kier molecular flexibility index (Phi) is 2.92. The SMILES string of the molecule is CCn1cc2cc(B3OC(C)(C)C(C)(C)O3)cnc2n1. The molecule has 3 rings (SSSR count). The van der Waals surface area contributed by atoms with E-state index in [2.05, 4.69) is 17.0 Å². The summed E-state index contributed by atoms with van der Waals surface area (Å²) in [6, 6.07) is 2.05. The van der Waals surface area contributed by atoms with Crippen molar-refractivity contribution in [3.05, 3.63) is 18.5 Å². The number of nitrogens with zero attached hydrogens (tertiary/aromatic N) is 3. The molecule has 0 atom stereocenters. The monoisotopic (exact) mass is 273 g/mol. The first-order valence-electron chi connectivity index (χ1n) is 7.01. The predicted octanol–water partition coefficient (Wildman–Crippen LogP) is 1.75. The Morgan fingerprint density at radius 1 is 1.20 bits per heavy atom. The van der Waals surface area contributed by atoms with E-state index in [1.54, 1.807) is 6.20 Å². The van der Waals surface area contributed by atoms with Crippen LogP contribution < -0.4 is 5.46 Å². The van der Waals surface area contributed by atoms with Crippen LogP contribution in [0.3, 0.4) is 0 Å². The summed E-state index contributed by atoms with van der Waals surface area (Å²) in [7, 11) is -0.373. The van der Waals surface area contributed by atoms with E-state index >= 15 is 0 Å². The van der Waals surface area contributed by atoms with E-state index < -0.39 is 0 Å². The van der Waals surface area contributed by atoms with Crippen molar-refractivity contribution < 1.29 is 9.31 Å². The van der Waals surface area contributed by atoms with Crippen LogP contribution in [0.4, 0.5) is 0 Å². The molecule has 2 aromatic rings. The molecule has 6 heteroatoms. The van der Waals surface area contributed by atoms with Crippen molar-refractivity contribution in [1.82, 2.24) is 14.8 Å². The van der Waals surface area contributed by atoms with Gasteiger partial charge in [-0.1, -0.05) is 0 Å². The molecule has 3 heterocycles. The topological polar surface area (TPSA) is 49.2 Å². The van der Waals surface area contributed by atoms with E-state index in [4.69, 9.17) is 9.31 Å². The Morgan fingerprint density at radius 3 is 2.45 bits per heavy atom. The number of rotatable bonds is 2. The minimum atomic E-state index is -0.373. The third-order valence-electron chi connectivity index (χ3n) is 4.28. The van der Waals surface area contributed by atoms with Crippen LogP contribution in [0.1, 0.15) is 34.6 Å². The van der Waals surface area contributed by atoms with Crippen LogP contribution in [0.2, 0.25) is 0 Å². The number of pyridine rings is 1. The van der Waals surface area contributed by atoms with E-state index in [1.165, 1.54) is 0 Å². The molecule has 20 heavy (non-hydrogen) atoms. The van der Waals surface area contributed by atoms with E-state index in [0.29, 0.717) is 0 Å². The van der Waals surface area contributed by atoms with Gasteiger partial charge in [0.2, 0.25) is 0 Å². The Morgan fingerprint density at radius 2 is 1.85 bits per heavy atom. The quantitative estimate of drug-likeness (QED) is 0.782. The second-order valence-electron chi connectivity index (χ2n) is 6.25. The van der Waals surface area contributed by atoms with Gasteiger partial charge in [0.1, 0.15) is 0 Å². The number of aromatic nitrogens is 3. The molecular formula is C14H20BN3O2. The molecular weight excluding hydrogens is 253 g/mol. The summed E-state index contributed by atoms with van der Waals surface area (Å²) in [5, 5.41) is 5.39. The molecule has 106 valence electrons. The molecule has 0 saturated carbocycles. The van der Waals surface area contributed by atoms with Crippen LogP contribution in [0.25, 0.3) is 11.0 Å². The average Bonchev–Trinajstić information content (AvgIpc) is 2.87. The Hall–Kier alpha value is -1.40. The molecule has 1 saturated heterocycles. The van der Waals surface area contributed by atoms with Crippen LogP contribution in [0.5, 0.6) is 0 Å². The van der Waals surface area contributed by atoms with Crippen LogP contribution >= 0.6 is 0 Å². The van der Waals surface area contributed by atoms with Gasteiger partial charge in [-0.3, -0.25) is 4.68 Å². The molecule has 0 aromatic carbocycles.